The predicted octanol–water partition coefficient (Wildman–Crippen LogP) is 3.96. The van der Waals surface area contributed by atoms with Crippen LogP contribution in [0.3, 0.4) is 0 Å². The Bertz CT molecular complexity index is 1190. The maximum Gasteiger partial charge on any atom is 0.255 e. The van der Waals surface area contributed by atoms with Gasteiger partial charge in [0.25, 0.3) is 5.91 Å². The fourth-order valence-electron chi connectivity index (χ4n) is 4.46. The number of carbonyl (C=O) groups is 2. The molecule has 0 saturated heterocycles. The molecular formula is C25H29N5O2. The molecule has 1 aliphatic heterocycles. The minimum atomic E-state index is -0.627. The van der Waals surface area contributed by atoms with Crippen LogP contribution in [0.1, 0.15) is 67.6 Å². The van der Waals surface area contributed by atoms with E-state index in [4.69, 9.17) is 4.98 Å². The Morgan fingerprint density at radius 3 is 2.78 bits per heavy atom. The lowest BCUT2D eigenvalue weighted by Crippen LogP contribution is -2.49. The number of carbonyl (C=O) groups excluding carboxylic acids is 2. The zero-order valence-electron chi connectivity index (χ0n) is 18.8. The molecule has 7 heteroatoms. The van der Waals surface area contributed by atoms with Gasteiger partial charge in [0, 0.05) is 24.3 Å². The van der Waals surface area contributed by atoms with Crippen LogP contribution < -0.4 is 10.2 Å². The number of nitrogens with one attached hydrogen (secondary N) is 2. The molecule has 0 radical (unpaired) electrons. The predicted molar refractivity (Wildman–Crippen MR) is 124 cm³/mol. The van der Waals surface area contributed by atoms with E-state index in [1.54, 1.807) is 12.4 Å². The molecule has 32 heavy (non-hydrogen) atoms. The van der Waals surface area contributed by atoms with E-state index in [1.165, 1.54) is 5.56 Å². The van der Waals surface area contributed by atoms with Crippen molar-refractivity contribution in [3.8, 4) is 0 Å². The molecule has 2 aromatic heterocycles. The molecule has 166 valence electrons. The first-order chi connectivity index (χ1) is 15.3. The van der Waals surface area contributed by atoms with Crippen LogP contribution in [0, 0.1) is 5.41 Å². The van der Waals surface area contributed by atoms with E-state index >= 15 is 0 Å². The summed E-state index contributed by atoms with van der Waals surface area (Å²) < 4.78 is 0. The van der Waals surface area contributed by atoms with Gasteiger partial charge in [0.2, 0.25) is 5.91 Å². The summed E-state index contributed by atoms with van der Waals surface area (Å²) in [6.45, 7) is 6.88. The molecule has 5 rings (SSSR count). The number of hydrogen-bond acceptors (Lipinski definition) is 4. The van der Waals surface area contributed by atoms with Gasteiger partial charge in [-0.1, -0.05) is 39.0 Å². The number of hydrogen-bond donors (Lipinski definition) is 2. The van der Waals surface area contributed by atoms with E-state index in [2.05, 4.69) is 42.1 Å². The maximum atomic E-state index is 13.6. The highest BCUT2D eigenvalue weighted by molar-refractivity contribution is 6.07. The summed E-state index contributed by atoms with van der Waals surface area (Å²) in [6, 6.07) is 7.35. The molecule has 1 atom stereocenters. The molecule has 1 fully saturated rings. The molecule has 0 bridgehead atoms. The molecule has 1 aliphatic carbocycles. The van der Waals surface area contributed by atoms with E-state index in [-0.39, 0.29) is 17.2 Å². The van der Waals surface area contributed by atoms with Crippen LogP contribution >= 0.6 is 0 Å². The van der Waals surface area contributed by atoms with Crippen molar-refractivity contribution in [3.05, 3.63) is 53.5 Å². The van der Waals surface area contributed by atoms with Crippen LogP contribution in [0.25, 0.3) is 11.2 Å². The van der Waals surface area contributed by atoms with Crippen molar-refractivity contribution in [3.63, 3.8) is 0 Å². The minimum absolute atomic E-state index is 0.0668. The highest BCUT2D eigenvalue weighted by Gasteiger charge is 2.34. The third-order valence-electron chi connectivity index (χ3n) is 6.21. The molecule has 1 unspecified atom stereocenters. The van der Waals surface area contributed by atoms with E-state index < -0.39 is 6.04 Å². The van der Waals surface area contributed by atoms with Crippen molar-refractivity contribution in [1.29, 1.82) is 0 Å². The molecular weight excluding hydrogens is 402 g/mol. The number of H-pyrrole nitrogens is 1. The molecule has 7 nitrogen and oxygen atoms in total. The number of aromatic nitrogens is 3. The minimum Gasteiger partial charge on any atom is -0.344 e. The second-order valence-electron chi connectivity index (χ2n) is 10.1. The first-order valence-electron chi connectivity index (χ1n) is 11.3. The summed E-state index contributed by atoms with van der Waals surface area (Å²) >= 11 is 0. The average molecular weight is 432 g/mol. The Morgan fingerprint density at radius 1 is 1.25 bits per heavy atom. The number of nitrogens with zero attached hydrogens (tertiary/aromatic N) is 3. The second-order valence-corrected chi connectivity index (χ2v) is 10.1. The van der Waals surface area contributed by atoms with Gasteiger partial charge >= 0.3 is 0 Å². The van der Waals surface area contributed by atoms with Crippen LogP contribution in [0.4, 0.5) is 5.69 Å². The third kappa shape index (κ3) is 3.99. The number of benzene rings is 1. The van der Waals surface area contributed by atoms with Crippen LogP contribution in [0.5, 0.6) is 0 Å². The van der Waals surface area contributed by atoms with Crippen LogP contribution in [-0.4, -0.2) is 39.4 Å². The van der Waals surface area contributed by atoms with Gasteiger partial charge in [0.15, 0.2) is 5.65 Å². The van der Waals surface area contributed by atoms with Gasteiger partial charge in [-0.2, -0.15) is 0 Å². The molecule has 2 N–H and O–H groups in total. The summed E-state index contributed by atoms with van der Waals surface area (Å²) in [5, 5.41) is 3.02. The van der Waals surface area contributed by atoms with Gasteiger partial charge in [-0.05, 0) is 42.7 Å². The Hall–Kier alpha value is -3.22. The summed E-state index contributed by atoms with van der Waals surface area (Å²) in [4.78, 5) is 40.9. The van der Waals surface area contributed by atoms with Gasteiger partial charge in [0.05, 0.1) is 17.5 Å². The summed E-state index contributed by atoms with van der Waals surface area (Å²) in [5.41, 5.74) is 4.50. The fourth-order valence-corrected chi connectivity index (χ4v) is 4.46. The lowest BCUT2D eigenvalue weighted by atomic mass is 9.87. The quantitative estimate of drug-likeness (QED) is 0.640. The Morgan fingerprint density at radius 2 is 2.03 bits per heavy atom. The zero-order chi connectivity index (χ0) is 22.5. The molecule has 3 heterocycles. The van der Waals surface area contributed by atoms with Crippen LogP contribution in [-0.2, 0) is 11.2 Å². The largest absolute Gasteiger partial charge is 0.344 e. The van der Waals surface area contributed by atoms with Crippen LogP contribution in [0.2, 0.25) is 0 Å². The smallest absolute Gasteiger partial charge is 0.255 e. The number of para-hydroxylation sites is 1. The first kappa shape index (κ1) is 20.7. The SMILES string of the molecule is CC(C)(C)CC(NC(=O)c1c[nH]c2ncc(C3CC3)nc12)C(=O)N1CCc2ccccc21. The molecule has 1 saturated carbocycles. The Balaban J connectivity index is 1.42. The van der Waals surface area contributed by atoms with Crippen molar-refractivity contribution in [2.75, 3.05) is 11.4 Å². The number of aromatic amines is 1. The van der Waals surface area contributed by atoms with Gasteiger partial charge < -0.3 is 15.2 Å². The third-order valence-corrected chi connectivity index (χ3v) is 6.21. The van der Waals surface area contributed by atoms with Crippen molar-refractivity contribution >= 4 is 28.7 Å². The topological polar surface area (TPSA) is 91.0 Å². The van der Waals surface area contributed by atoms with Crippen molar-refractivity contribution in [1.82, 2.24) is 20.3 Å². The molecule has 2 aliphatic rings. The fraction of sp³-hybridized carbons (Fsp3) is 0.440. The van der Waals surface area contributed by atoms with Gasteiger partial charge in [-0.3, -0.25) is 9.59 Å². The Labute approximate surface area is 187 Å². The van der Waals surface area contributed by atoms with E-state index in [9.17, 15) is 9.59 Å². The van der Waals surface area contributed by atoms with Gasteiger partial charge in [0.1, 0.15) is 11.6 Å². The molecule has 2 amide bonds. The first-order valence-corrected chi connectivity index (χ1v) is 11.3. The normalized spacial score (nSPS) is 16.8. The summed E-state index contributed by atoms with van der Waals surface area (Å²) in [6.07, 6.45) is 7.03. The Kier molecular flexibility index (Phi) is 4.99. The molecule has 0 spiro atoms. The van der Waals surface area contributed by atoms with E-state index in [0.717, 1.165) is 30.6 Å². The molecule has 1 aromatic carbocycles. The second kappa shape index (κ2) is 7.73. The van der Waals surface area contributed by atoms with Crippen molar-refractivity contribution in [2.24, 2.45) is 5.41 Å². The van der Waals surface area contributed by atoms with Crippen molar-refractivity contribution < 1.29 is 9.59 Å². The van der Waals surface area contributed by atoms with E-state index in [1.807, 2.05) is 23.1 Å². The standard InChI is InChI=1S/C25H29N5O2/c1-25(2,3)12-18(24(32)30-11-10-16-6-4-5-7-20(16)30)29-23(31)17-13-26-22-21(17)28-19(14-27-22)15-8-9-15/h4-7,13-15,18H,8-12H2,1-3H3,(H,26,27)(H,29,31). The van der Waals surface area contributed by atoms with Gasteiger partial charge in [-0.15, -0.1) is 0 Å². The summed E-state index contributed by atoms with van der Waals surface area (Å²) in [5.74, 6) is 0.0829. The lowest BCUT2D eigenvalue weighted by Gasteiger charge is -2.29. The number of anilines is 1. The highest BCUT2D eigenvalue weighted by Crippen LogP contribution is 2.39. The number of amides is 2. The van der Waals surface area contributed by atoms with Crippen LogP contribution in [0.15, 0.2) is 36.7 Å². The maximum absolute atomic E-state index is 13.6. The lowest BCUT2D eigenvalue weighted by molar-refractivity contribution is -0.121. The number of rotatable bonds is 5. The highest BCUT2D eigenvalue weighted by atomic mass is 16.2. The number of fused-ring (bicyclic) bond motifs is 2. The zero-order valence-corrected chi connectivity index (χ0v) is 18.8. The average Bonchev–Trinajstić information content (AvgIpc) is 3.38. The summed E-state index contributed by atoms with van der Waals surface area (Å²) in [7, 11) is 0. The van der Waals surface area contributed by atoms with Gasteiger partial charge in [-0.25, -0.2) is 9.97 Å². The molecule has 3 aromatic rings. The van der Waals surface area contributed by atoms with E-state index in [0.29, 0.717) is 35.6 Å². The van der Waals surface area contributed by atoms with Crippen molar-refractivity contribution in [2.45, 2.75) is 58.4 Å². The monoisotopic (exact) mass is 431 g/mol.